The number of hydrogen-bond acceptors (Lipinski definition) is 8. The van der Waals surface area contributed by atoms with Crippen LogP contribution in [0.2, 0.25) is 0 Å². The van der Waals surface area contributed by atoms with Crippen LogP contribution in [0.1, 0.15) is 37.9 Å². The number of carbonyl (C=O) groups excluding carboxylic acids is 1. The van der Waals surface area contributed by atoms with E-state index in [9.17, 15) is 9.59 Å². The smallest absolute Gasteiger partial charge is 0.338 e. The molecule has 9 heteroatoms. The van der Waals surface area contributed by atoms with E-state index in [0.717, 1.165) is 5.56 Å². The van der Waals surface area contributed by atoms with E-state index >= 15 is 0 Å². The minimum Gasteiger partial charge on any atom is -0.497 e. The second kappa shape index (κ2) is 10.4. The summed E-state index contributed by atoms with van der Waals surface area (Å²) in [5.74, 6) is 1.25. The number of hydrogen-bond donors (Lipinski definition) is 0. The highest BCUT2D eigenvalue weighted by molar-refractivity contribution is 7.07. The van der Waals surface area contributed by atoms with Gasteiger partial charge in [0.05, 0.1) is 49.3 Å². The number of para-hydroxylation sites is 1. The number of fused-ring (bicyclic) bond motifs is 1. The van der Waals surface area contributed by atoms with E-state index in [-0.39, 0.29) is 11.7 Å². The Bertz CT molecular complexity index is 1500. The summed E-state index contributed by atoms with van der Waals surface area (Å²) < 4.78 is 23.8. The van der Waals surface area contributed by atoms with Crippen molar-refractivity contribution >= 4 is 23.4 Å². The Kier molecular flexibility index (Phi) is 7.30. The number of esters is 1. The van der Waals surface area contributed by atoms with E-state index in [1.807, 2.05) is 24.3 Å². The van der Waals surface area contributed by atoms with Crippen molar-refractivity contribution in [3.63, 3.8) is 0 Å². The van der Waals surface area contributed by atoms with Gasteiger partial charge in [-0.1, -0.05) is 35.6 Å². The first-order chi connectivity index (χ1) is 17.3. The second-order valence-electron chi connectivity index (χ2n) is 8.39. The van der Waals surface area contributed by atoms with Gasteiger partial charge in [0.15, 0.2) is 16.3 Å². The van der Waals surface area contributed by atoms with E-state index in [4.69, 9.17) is 18.9 Å². The largest absolute Gasteiger partial charge is 0.497 e. The zero-order valence-electron chi connectivity index (χ0n) is 21.0. The minimum atomic E-state index is -0.701. The van der Waals surface area contributed by atoms with Crippen molar-refractivity contribution < 1.29 is 23.7 Å². The molecule has 0 N–H and O–H groups in total. The molecule has 1 aliphatic heterocycles. The van der Waals surface area contributed by atoms with E-state index in [1.165, 1.54) is 11.3 Å². The summed E-state index contributed by atoms with van der Waals surface area (Å²) in [5, 5.41) is 0. The van der Waals surface area contributed by atoms with Crippen LogP contribution < -0.4 is 29.1 Å². The van der Waals surface area contributed by atoms with Gasteiger partial charge in [-0.3, -0.25) is 9.36 Å². The van der Waals surface area contributed by atoms with Crippen LogP contribution in [0.25, 0.3) is 6.08 Å². The van der Waals surface area contributed by atoms with Gasteiger partial charge in [-0.25, -0.2) is 9.79 Å². The first-order valence-electron chi connectivity index (χ1n) is 11.4. The molecule has 4 rings (SSSR count). The number of aromatic nitrogens is 1. The lowest BCUT2D eigenvalue weighted by Gasteiger charge is -2.25. The zero-order chi connectivity index (χ0) is 26.0. The Morgan fingerprint density at radius 2 is 1.78 bits per heavy atom. The summed E-state index contributed by atoms with van der Waals surface area (Å²) in [4.78, 5) is 32.1. The molecule has 0 fully saturated rings. The molecule has 0 saturated heterocycles. The Morgan fingerprint density at radius 3 is 2.39 bits per heavy atom. The minimum absolute atomic E-state index is 0.271. The van der Waals surface area contributed by atoms with Crippen LogP contribution in [-0.2, 0) is 9.53 Å². The predicted molar refractivity (Wildman–Crippen MR) is 138 cm³/mol. The van der Waals surface area contributed by atoms with Crippen LogP contribution in [0.5, 0.6) is 17.2 Å². The van der Waals surface area contributed by atoms with Crippen molar-refractivity contribution in [1.29, 1.82) is 0 Å². The number of allylic oxidation sites excluding steroid dienone is 1. The lowest BCUT2D eigenvalue weighted by molar-refractivity contribution is -0.143. The summed E-state index contributed by atoms with van der Waals surface area (Å²) >= 11 is 1.25. The number of rotatable bonds is 7. The number of ether oxygens (including phenoxy) is 4. The predicted octanol–water partition coefficient (Wildman–Crippen LogP) is 3.21. The maximum absolute atomic E-state index is 13.8. The quantitative estimate of drug-likeness (QED) is 0.456. The highest BCUT2D eigenvalue weighted by Crippen LogP contribution is 2.33. The number of benzene rings is 2. The van der Waals surface area contributed by atoms with Gasteiger partial charge < -0.3 is 18.9 Å². The SMILES string of the molecule is COc1ccc([C@@H]2C(C(=O)OC(C)C)=C(C)N=c3s/c(=C\c4cccc(OC)c4OC)c(=O)n32)cc1. The average molecular weight is 509 g/mol. The van der Waals surface area contributed by atoms with E-state index in [2.05, 4.69) is 4.99 Å². The fourth-order valence-electron chi connectivity index (χ4n) is 4.13. The molecular weight excluding hydrogens is 480 g/mol. The van der Waals surface area contributed by atoms with Gasteiger partial charge >= 0.3 is 5.97 Å². The van der Waals surface area contributed by atoms with E-state index < -0.39 is 12.0 Å². The topological polar surface area (TPSA) is 88.4 Å². The summed E-state index contributed by atoms with van der Waals surface area (Å²) in [5.41, 5.74) is 2.00. The van der Waals surface area contributed by atoms with Gasteiger partial charge in [-0.2, -0.15) is 0 Å². The third-order valence-electron chi connectivity index (χ3n) is 5.74. The number of carbonyl (C=O) groups is 1. The van der Waals surface area contributed by atoms with Gasteiger partial charge in [-0.15, -0.1) is 0 Å². The molecule has 0 unspecified atom stereocenters. The van der Waals surface area contributed by atoms with Crippen LogP contribution in [0.15, 0.2) is 63.5 Å². The molecule has 36 heavy (non-hydrogen) atoms. The maximum atomic E-state index is 13.8. The molecule has 0 saturated carbocycles. The fraction of sp³-hybridized carbons (Fsp3) is 0.296. The summed E-state index contributed by atoms with van der Waals surface area (Å²) in [6, 6.07) is 12.0. The molecule has 0 radical (unpaired) electrons. The van der Waals surface area contributed by atoms with Gasteiger partial charge in [0.25, 0.3) is 5.56 Å². The van der Waals surface area contributed by atoms with Crippen molar-refractivity contribution in [1.82, 2.24) is 4.57 Å². The molecule has 1 aromatic heterocycles. The standard InChI is InChI=1S/C27H28N2O6S/c1-15(2)35-26(31)22-16(3)28-27-29(23(22)17-10-12-19(32-4)13-11-17)25(30)21(36-27)14-18-8-7-9-20(33-5)24(18)34-6/h7-15,23H,1-6H3/b21-14-/t23-/m1/s1. The Morgan fingerprint density at radius 1 is 1.06 bits per heavy atom. The molecule has 2 heterocycles. The Balaban J connectivity index is 1.95. The molecule has 0 aliphatic carbocycles. The van der Waals surface area contributed by atoms with Crippen LogP contribution in [0, 0.1) is 0 Å². The molecule has 0 spiro atoms. The highest BCUT2D eigenvalue weighted by atomic mass is 32.1. The monoisotopic (exact) mass is 508 g/mol. The van der Waals surface area contributed by atoms with Gasteiger partial charge in [-0.05, 0) is 50.6 Å². The van der Waals surface area contributed by atoms with Crippen LogP contribution in [0.3, 0.4) is 0 Å². The maximum Gasteiger partial charge on any atom is 0.338 e. The molecular formula is C27H28N2O6S. The lowest BCUT2D eigenvalue weighted by Crippen LogP contribution is -2.40. The zero-order valence-corrected chi connectivity index (χ0v) is 21.8. The summed E-state index contributed by atoms with van der Waals surface area (Å²) in [6.07, 6.45) is 1.43. The average Bonchev–Trinajstić information content (AvgIpc) is 3.16. The van der Waals surface area contributed by atoms with Gasteiger partial charge in [0.1, 0.15) is 5.75 Å². The number of nitrogens with zero attached hydrogens (tertiary/aromatic N) is 2. The number of methoxy groups -OCH3 is 3. The normalized spacial score (nSPS) is 15.4. The molecule has 2 aromatic carbocycles. The van der Waals surface area contributed by atoms with Gasteiger partial charge in [0, 0.05) is 5.56 Å². The molecule has 8 nitrogen and oxygen atoms in total. The first kappa shape index (κ1) is 25.2. The molecule has 3 aromatic rings. The molecule has 1 aliphatic rings. The summed E-state index contributed by atoms with van der Waals surface area (Å²) in [7, 11) is 4.70. The van der Waals surface area contributed by atoms with Crippen LogP contribution in [-0.4, -0.2) is 38.0 Å². The third-order valence-corrected chi connectivity index (χ3v) is 6.72. The number of thiazole rings is 1. The van der Waals surface area contributed by atoms with Crippen molar-refractivity contribution in [2.45, 2.75) is 32.9 Å². The van der Waals surface area contributed by atoms with Gasteiger partial charge in [0.2, 0.25) is 0 Å². The van der Waals surface area contributed by atoms with Crippen LogP contribution in [0.4, 0.5) is 0 Å². The summed E-state index contributed by atoms with van der Waals surface area (Å²) in [6.45, 7) is 5.33. The van der Waals surface area contributed by atoms with Crippen LogP contribution >= 0.6 is 11.3 Å². The lowest BCUT2D eigenvalue weighted by atomic mass is 9.96. The second-order valence-corrected chi connectivity index (χ2v) is 9.40. The third kappa shape index (κ3) is 4.66. The molecule has 188 valence electrons. The Labute approximate surface area is 212 Å². The van der Waals surface area contributed by atoms with Crippen molar-refractivity contribution in [3.05, 3.63) is 84.5 Å². The van der Waals surface area contributed by atoms with Crippen molar-refractivity contribution in [3.8, 4) is 17.2 Å². The molecule has 1 atom stereocenters. The highest BCUT2D eigenvalue weighted by Gasteiger charge is 2.33. The first-order valence-corrected chi connectivity index (χ1v) is 12.2. The molecule has 0 bridgehead atoms. The van der Waals surface area contributed by atoms with E-state index in [0.29, 0.717) is 43.4 Å². The molecule has 0 amide bonds. The Hall–Kier alpha value is -3.85. The van der Waals surface area contributed by atoms with Crippen molar-refractivity contribution in [2.75, 3.05) is 21.3 Å². The van der Waals surface area contributed by atoms with Crippen molar-refractivity contribution in [2.24, 2.45) is 4.99 Å². The van der Waals surface area contributed by atoms with E-state index in [1.54, 1.807) is 70.9 Å². The fourth-order valence-corrected chi connectivity index (χ4v) is 5.17.